The van der Waals surface area contributed by atoms with Crippen LogP contribution in [0.3, 0.4) is 0 Å². The lowest BCUT2D eigenvalue weighted by atomic mass is 9.97. The smallest absolute Gasteiger partial charge is 0.338 e. The molecule has 0 atom stereocenters. The van der Waals surface area contributed by atoms with E-state index in [1.165, 1.54) is 0 Å². The standard InChI is InChI=1S/C33H40O6/c1-4-7-9-19-37-29-18-17-25(21-31(29)38-20-10-8-5-2)24-39-30-16-12-15-28(23-34)32(30)26-13-11-14-27(22-26)33(35)36-6-3/h11-18,21-23H,4-10,19-20,24H2,1-3H3. The van der Waals surface area contributed by atoms with Crippen LogP contribution in [0.5, 0.6) is 17.2 Å². The number of carbonyl (C=O) groups is 2. The molecule has 0 aromatic heterocycles. The highest BCUT2D eigenvalue weighted by atomic mass is 16.5. The van der Waals surface area contributed by atoms with Crippen LogP contribution in [0.2, 0.25) is 0 Å². The van der Waals surface area contributed by atoms with E-state index < -0.39 is 5.97 Å². The molecule has 0 aliphatic carbocycles. The Morgan fingerprint density at radius 1 is 0.744 bits per heavy atom. The fraction of sp³-hybridized carbons (Fsp3) is 0.394. The van der Waals surface area contributed by atoms with E-state index in [0.29, 0.717) is 47.0 Å². The van der Waals surface area contributed by atoms with Gasteiger partial charge in [0.25, 0.3) is 0 Å². The van der Waals surface area contributed by atoms with Gasteiger partial charge in [-0.25, -0.2) is 4.79 Å². The van der Waals surface area contributed by atoms with Crippen LogP contribution in [0.25, 0.3) is 11.1 Å². The Hall–Kier alpha value is -3.80. The van der Waals surface area contributed by atoms with Gasteiger partial charge in [0.05, 0.1) is 25.4 Å². The van der Waals surface area contributed by atoms with Gasteiger partial charge >= 0.3 is 5.97 Å². The van der Waals surface area contributed by atoms with Crippen molar-refractivity contribution < 1.29 is 28.5 Å². The van der Waals surface area contributed by atoms with Crippen molar-refractivity contribution in [3.05, 3.63) is 77.4 Å². The SMILES string of the molecule is CCCCCOc1ccc(COc2cccc(C=O)c2-c2cccc(C(=O)OCC)c2)cc1OCCCCC. The van der Waals surface area contributed by atoms with Crippen molar-refractivity contribution in [2.45, 2.75) is 65.9 Å². The molecule has 0 radical (unpaired) electrons. The second kappa shape index (κ2) is 16.2. The second-order valence-electron chi connectivity index (χ2n) is 9.32. The molecular formula is C33H40O6. The maximum atomic E-state index is 12.3. The molecule has 0 aliphatic rings. The van der Waals surface area contributed by atoms with Gasteiger partial charge in [-0.15, -0.1) is 0 Å². The first-order valence-corrected chi connectivity index (χ1v) is 14.0. The molecule has 0 N–H and O–H groups in total. The summed E-state index contributed by atoms with van der Waals surface area (Å²) in [5, 5.41) is 0. The average molecular weight is 533 g/mol. The van der Waals surface area contributed by atoms with Gasteiger partial charge in [0, 0.05) is 11.1 Å². The van der Waals surface area contributed by atoms with E-state index in [9.17, 15) is 9.59 Å². The van der Waals surface area contributed by atoms with Crippen LogP contribution in [0, 0.1) is 0 Å². The normalized spacial score (nSPS) is 10.6. The monoisotopic (exact) mass is 532 g/mol. The molecular weight excluding hydrogens is 492 g/mol. The zero-order valence-corrected chi connectivity index (χ0v) is 23.4. The second-order valence-corrected chi connectivity index (χ2v) is 9.32. The summed E-state index contributed by atoms with van der Waals surface area (Å²) in [6, 6.07) is 18.3. The van der Waals surface area contributed by atoms with E-state index in [1.807, 2.05) is 30.3 Å². The zero-order valence-electron chi connectivity index (χ0n) is 23.4. The van der Waals surface area contributed by atoms with Crippen molar-refractivity contribution in [1.29, 1.82) is 0 Å². The Labute approximate surface area is 232 Å². The Balaban J connectivity index is 1.83. The van der Waals surface area contributed by atoms with Crippen LogP contribution >= 0.6 is 0 Å². The van der Waals surface area contributed by atoms with Crippen LogP contribution < -0.4 is 14.2 Å². The molecule has 3 aromatic rings. The average Bonchev–Trinajstić information content (AvgIpc) is 2.97. The van der Waals surface area contributed by atoms with E-state index in [0.717, 1.165) is 56.1 Å². The number of unbranched alkanes of at least 4 members (excludes halogenated alkanes) is 4. The third-order valence-corrected chi connectivity index (χ3v) is 6.26. The van der Waals surface area contributed by atoms with E-state index in [2.05, 4.69) is 13.8 Å². The summed E-state index contributed by atoms with van der Waals surface area (Å²) in [7, 11) is 0. The van der Waals surface area contributed by atoms with Crippen molar-refractivity contribution >= 4 is 12.3 Å². The van der Waals surface area contributed by atoms with E-state index in [1.54, 1.807) is 37.3 Å². The molecule has 0 spiro atoms. The molecule has 6 heteroatoms. The highest BCUT2D eigenvalue weighted by Crippen LogP contribution is 2.35. The van der Waals surface area contributed by atoms with E-state index >= 15 is 0 Å². The molecule has 3 rings (SSSR count). The van der Waals surface area contributed by atoms with Crippen LogP contribution in [0.15, 0.2) is 60.7 Å². The third kappa shape index (κ3) is 8.88. The minimum absolute atomic E-state index is 0.272. The van der Waals surface area contributed by atoms with Crippen molar-refractivity contribution in [2.24, 2.45) is 0 Å². The van der Waals surface area contributed by atoms with Crippen LogP contribution in [0.4, 0.5) is 0 Å². The number of benzene rings is 3. The van der Waals surface area contributed by atoms with Gasteiger partial charge in [0.2, 0.25) is 0 Å². The maximum Gasteiger partial charge on any atom is 0.338 e. The molecule has 0 unspecified atom stereocenters. The first-order chi connectivity index (χ1) is 19.1. The summed E-state index contributed by atoms with van der Waals surface area (Å²) in [5.41, 5.74) is 3.15. The molecule has 0 fully saturated rings. The fourth-order valence-electron chi connectivity index (χ4n) is 4.20. The predicted octanol–water partition coefficient (Wildman–Crippen LogP) is 8.06. The van der Waals surface area contributed by atoms with Gasteiger partial charge in [-0.2, -0.15) is 0 Å². The molecule has 0 saturated heterocycles. The van der Waals surface area contributed by atoms with Crippen LogP contribution in [-0.4, -0.2) is 32.1 Å². The lowest BCUT2D eigenvalue weighted by Gasteiger charge is -2.16. The van der Waals surface area contributed by atoms with Gasteiger partial charge in [-0.05, 0) is 61.2 Å². The van der Waals surface area contributed by atoms with Crippen LogP contribution in [-0.2, 0) is 11.3 Å². The number of hydrogen-bond donors (Lipinski definition) is 0. The molecule has 3 aromatic carbocycles. The number of carbonyl (C=O) groups excluding carboxylic acids is 2. The Morgan fingerprint density at radius 3 is 2.15 bits per heavy atom. The predicted molar refractivity (Wildman–Crippen MR) is 154 cm³/mol. The van der Waals surface area contributed by atoms with Crippen molar-refractivity contribution in [2.75, 3.05) is 19.8 Å². The lowest BCUT2D eigenvalue weighted by Crippen LogP contribution is -2.05. The number of ether oxygens (including phenoxy) is 4. The van der Waals surface area contributed by atoms with Gasteiger partial charge in [-0.3, -0.25) is 4.79 Å². The third-order valence-electron chi connectivity index (χ3n) is 6.26. The molecule has 0 aliphatic heterocycles. The Bertz CT molecular complexity index is 1200. The quantitative estimate of drug-likeness (QED) is 0.0995. The Kier molecular flexibility index (Phi) is 12.4. The fourth-order valence-corrected chi connectivity index (χ4v) is 4.20. The summed E-state index contributed by atoms with van der Waals surface area (Å²) in [5.74, 6) is 1.60. The largest absolute Gasteiger partial charge is 0.490 e. The molecule has 0 heterocycles. The number of esters is 1. The summed E-state index contributed by atoms with van der Waals surface area (Å²) in [6.07, 6.45) is 7.30. The molecule has 39 heavy (non-hydrogen) atoms. The van der Waals surface area contributed by atoms with Gasteiger partial charge in [0.1, 0.15) is 12.4 Å². The topological polar surface area (TPSA) is 71.1 Å². The minimum Gasteiger partial charge on any atom is -0.490 e. The van der Waals surface area contributed by atoms with E-state index in [-0.39, 0.29) is 13.2 Å². The first kappa shape index (κ1) is 29.8. The first-order valence-electron chi connectivity index (χ1n) is 14.0. The zero-order chi connectivity index (χ0) is 27.9. The maximum absolute atomic E-state index is 12.3. The van der Waals surface area contributed by atoms with Crippen molar-refractivity contribution in [3.8, 4) is 28.4 Å². The molecule has 6 nitrogen and oxygen atoms in total. The van der Waals surface area contributed by atoms with Crippen LogP contribution in [0.1, 0.15) is 85.6 Å². The number of hydrogen-bond acceptors (Lipinski definition) is 6. The summed E-state index contributed by atoms with van der Waals surface area (Å²) in [4.78, 5) is 24.2. The van der Waals surface area contributed by atoms with Gasteiger partial charge in [0.15, 0.2) is 17.8 Å². The van der Waals surface area contributed by atoms with Crippen molar-refractivity contribution in [1.82, 2.24) is 0 Å². The minimum atomic E-state index is -0.408. The summed E-state index contributed by atoms with van der Waals surface area (Å²) < 4.78 is 23.5. The number of rotatable bonds is 17. The number of aldehydes is 1. The summed E-state index contributed by atoms with van der Waals surface area (Å²) in [6.45, 7) is 7.95. The molecule has 208 valence electrons. The molecule has 0 amide bonds. The molecule has 0 saturated carbocycles. The summed E-state index contributed by atoms with van der Waals surface area (Å²) >= 11 is 0. The highest BCUT2D eigenvalue weighted by molar-refractivity contribution is 5.94. The van der Waals surface area contributed by atoms with E-state index in [4.69, 9.17) is 18.9 Å². The van der Waals surface area contributed by atoms with Gasteiger partial charge in [-0.1, -0.05) is 69.9 Å². The lowest BCUT2D eigenvalue weighted by molar-refractivity contribution is 0.0526. The highest BCUT2D eigenvalue weighted by Gasteiger charge is 2.15. The Morgan fingerprint density at radius 2 is 1.46 bits per heavy atom. The van der Waals surface area contributed by atoms with Crippen molar-refractivity contribution in [3.63, 3.8) is 0 Å². The molecule has 0 bridgehead atoms. The van der Waals surface area contributed by atoms with Gasteiger partial charge < -0.3 is 18.9 Å².